The molecule has 0 spiro atoms. The molecule has 1 heterocycles. The number of carbonyl (C=O) groups excluding carboxylic acids is 2. The largest absolute Gasteiger partial charge is 0.462 e. The molecule has 0 saturated heterocycles. The first-order valence-corrected chi connectivity index (χ1v) is 11.1. The first-order chi connectivity index (χ1) is 13.3. The van der Waals surface area contributed by atoms with Gasteiger partial charge >= 0.3 is 5.97 Å². The highest BCUT2D eigenvalue weighted by molar-refractivity contribution is 5.88. The van der Waals surface area contributed by atoms with Gasteiger partial charge in [-0.1, -0.05) is 25.5 Å². The lowest BCUT2D eigenvalue weighted by atomic mass is 9.47. The Morgan fingerprint density at radius 3 is 2.57 bits per heavy atom. The molecule has 0 aromatic rings. The number of rotatable bonds is 3. The van der Waals surface area contributed by atoms with E-state index in [0.29, 0.717) is 17.8 Å². The van der Waals surface area contributed by atoms with Crippen LogP contribution in [-0.2, 0) is 14.3 Å². The van der Waals surface area contributed by atoms with Crippen LogP contribution in [0.2, 0.25) is 0 Å². The van der Waals surface area contributed by atoms with Crippen molar-refractivity contribution < 1.29 is 14.3 Å². The highest BCUT2D eigenvalue weighted by Gasteiger charge is 2.60. The average Bonchev–Trinajstić information content (AvgIpc) is 3.43. The molecule has 4 aliphatic carbocycles. The quantitative estimate of drug-likeness (QED) is 0.515. The number of ether oxygens (including phenoxy) is 1. The van der Waals surface area contributed by atoms with Gasteiger partial charge < -0.3 is 4.74 Å². The molecule has 1 aliphatic heterocycles. The van der Waals surface area contributed by atoms with Crippen LogP contribution in [0, 0.1) is 34.5 Å². The lowest BCUT2D eigenvalue weighted by Gasteiger charge is -2.58. The van der Waals surface area contributed by atoms with Crippen LogP contribution in [0.1, 0.15) is 72.1 Å². The van der Waals surface area contributed by atoms with Crippen LogP contribution in [-0.4, -0.2) is 24.0 Å². The lowest BCUT2D eigenvalue weighted by Crippen LogP contribution is -2.51. The number of Topliss-reactive ketones (excluding diaryl/α,β-unsaturated/α-hetero) is 1. The lowest BCUT2D eigenvalue weighted by molar-refractivity contribution is -0.149. The molecule has 0 amide bonds. The fourth-order valence-corrected chi connectivity index (χ4v) is 7.76. The Kier molecular flexibility index (Phi) is 4.12. The van der Waals surface area contributed by atoms with Gasteiger partial charge in [-0.3, -0.25) is 9.59 Å². The van der Waals surface area contributed by atoms with E-state index < -0.39 is 0 Å². The van der Waals surface area contributed by atoms with Crippen LogP contribution in [0.15, 0.2) is 21.9 Å². The molecule has 0 unspecified atom stereocenters. The highest BCUT2D eigenvalue weighted by Crippen LogP contribution is 2.66. The van der Waals surface area contributed by atoms with Crippen LogP contribution in [0.3, 0.4) is 0 Å². The van der Waals surface area contributed by atoms with E-state index in [1.54, 1.807) is 0 Å². The second-order valence-electron chi connectivity index (χ2n) is 10.4. The van der Waals surface area contributed by atoms with Crippen LogP contribution >= 0.6 is 0 Å². The Morgan fingerprint density at radius 2 is 1.86 bits per heavy atom. The van der Waals surface area contributed by atoms with Crippen molar-refractivity contribution in [2.45, 2.75) is 84.4 Å². The van der Waals surface area contributed by atoms with Crippen molar-refractivity contribution in [1.82, 2.24) is 0 Å². The van der Waals surface area contributed by atoms with Crippen molar-refractivity contribution in [3.63, 3.8) is 0 Å². The van der Waals surface area contributed by atoms with Crippen LogP contribution in [0.25, 0.3) is 0 Å². The minimum Gasteiger partial charge on any atom is -0.462 e. The molecule has 0 aromatic carbocycles. The van der Waals surface area contributed by atoms with E-state index in [0.717, 1.165) is 38.5 Å². The maximum atomic E-state index is 12.8. The van der Waals surface area contributed by atoms with Gasteiger partial charge in [-0.2, -0.15) is 10.2 Å². The van der Waals surface area contributed by atoms with Gasteiger partial charge in [0.05, 0.1) is 0 Å². The van der Waals surface area contributed by atoms with Gasteiger partial charge in [0.1, 0.15) is 6.10 Å². The average molecular weight is 385 g/mol. The second-order valence-corrected chi connectivity index (χ2v) is 10.4. The van der Waals surface area contributed by atoms with Crippen molar-refractivity contribution >= 4 is 11.8 Å². The van der Waals surface area contributed by atoms with E-state index in [-0.39, 0.29) is 40.8 Å². The molecule has 5 heteroatoms. The molecule has 5 nitrogen and oxygen atoms in total. The summed E-state index contributed by atoms with van der Waals surface area (Å²) < 4.78 is 5.54. The summed E-state index contributed by atoms with van der Waals surface area (Å²) in [7, 11) is 0. The number of nitrogens with zero attached hydrogens (tertiary/aromatic N) is 2. The molecule has 152 valence electrons. The summed E-state index contributed by atoms with van der Waals surface area (Å²) >= 11 is 0. The molecular weight excluding hydrogens is 352 g/mol. The maximum absolute atomic E-state index is 12.8. The number of ketones is 1. The van der Waals surface area contributed by atoms with E-state index in [9.17, 15) is 9.59 Å². The standard InChI is InChI=1S/C23H32N2O3/c1-13(26)28-15-8-10-22(2)14(12-15)4-5-16-17-6-7-19(20(27)21-24-25-21)23(17,3)11-9-18(16)22/h4,15-19,21H,5-12H2,1-3H3/t15-,16-,17-,18-,19+,22+,23-/m1/s1. The zero-order valence-electron chi connectivity index (χ0n) is 17.3. The van der Waals surface area contributed by atoms with Gasteiger partial charge in [0.15, 0.2) is 5.78 Å². The smallest absolute Gasteiger partial charge is 0.302 e. The van der Waals surface area contributed by atoms with E-state index in [1.807, 2.05) is 0 Å². The van der Waals surface area contributed by atoms with Crippen molar-refractivity contribution in [3.05, 3.63) is 11.6 Å². The summed E-state index contributed by atoms with van der Waals surface area (Å²) in [6.07, 6.45) is 10.9. The SMILES string of the molecule is CC(=O)O[C@@H]1CC[C@@]2(C)C(=CC[C@@H]3[C@H]4CC[C@@H](C(=O)C5N=N5)[C@]4(C)CC[C@H]32)C1. The number of hydrogen-bond acceptors (Lipinski definition) is 5. The number of fused-ring (bicyclic) bond motifs is 5. The number of allylic oxidation sites excluding steroid dienone is 1. The summed E-state index contributed by atoms with van der Waals surface area (Å²) in [5.41, 5.74) is 1.89. The highest BCUT2D eigenvalue weighted by atomic mass is 16.5. The third-order valence-corrected chi connectivity index (χ3v) is 9.22. The van der Waals surface area contributed by atoms with Crippen LogP contribution in [0.4, 0.5) is 0 Å². The monoisotopic (exact) mass is 384 g/mol. The normalized spacial score (nSPS) is 46.8. The predicted molar refractivity (Wildman–Crippen MR) is 104 cm³/mol. The van der Waals surface area contributed by atoms with Gasteiger partial charge in [-0.25, -0.2) is 0 Å². The fourth-order valence-electron chi connectivity index (χ4n) is 7.76. The molecule has 28 heavy (non-hydrogen) atoms. The molecule has 5 rings (SSSR count). The minimum absolute atomic E-state index is 0.0572. The Hall–Kier alpha value is -1.52. The second kappa shape index (κ2) is 6.24. The number of carbonyl (C=O) groups is 2. The van der Waals surface area contributed by atoms with Crippen molar-refractivity contribution in [3.8, 4) is 0 Å². The molecule has 7 atom stereocenters. The van der Waals surface area contributed by atoms with Crippen LogP contribution in [0.5, 0.6) is 0 Å². The molecule has 0 N–H and O–H groups in total. The van der Waals surface area contributed by atoms with Gasteiger partial charge in [-0.05, 0) is 73.5 Å². The zero-order chi connectivity index (χ0) is 19.7. The predicted octanol–water partition coefficient (Wildman–Crippen LogP) is 4.86. The summed E-state index contributed by atoms with van der Waals surface area (Å²) in [6.45, 7) is 6.36. The van der Waals surface area contributed by atoms with Gasteiger partial charge in [0, 0.05) is 19.3 Å². The molecule has 5 aliphatic rings. The molecule has 3 fully saturated rings. The van der Waals surface area contributed by atoms with Gasteiger partial charge in [0.25, 0.3) is 0 Å². The molecule has 3 saturated carbocycles. The van der Waals surface area contributed by atoms with Crippen LogP contribution < -0.4 is 0 Å². The Labute approximate surface area is 167 Å². The first-order valence-electron chi connectivity index (χ1n) is 11.1. The minimum atomic E-state index is -0.342. The number of esters is 1. The Morgan fingerprint density at radius 1 is 1.07 bits per heavy atom. The van der Waals surface area contributed by atoms with Crippen molar-refractivity contribution in [2.24, 2.45) is 44.7 Å². The Balaban J connectivity index is 1.38. The number of hydrogen-bond donors (Lipinski definition) is 0. The van der Waals surface area contributed by atoms with E-state index >= 15 is 0 Å². The summed E-state index contributed by atoms with van der Waals surface area (Å²) in [5, 5.41) is 7.84. The van der Waals surface area contributed by atoms with E-state index in [4.69, 9.17) is 4.74 Å². The van der Waals surface area contributed by atoms with Crippen molar-refractivity contribution in [1.29, 1.82) is 0 Å². The van der Waals surface area contributed by atoms with E-state index in [2.05, 4.69) is 30.2 Å². The fraction of sp³-hybridized carbons (Fsp3) is 0.826. The molecule has 0 aromatic heterocycles. The zero-order valence-corrected chi connectivity index (χ0v) is 17.3. The molecular formula is C23H32N2O3. The molecule has 0 radical (unpaired) electrons. The van der Waals surface area contributed by atoms with E-state index in [1.165, 1.54) is 25.3 Å². The maximum Gasteiger partial charge on any atom is 0.302 e. The third kappa shape index (κ3) is 2.64. The van der Waals surface area contributed by atoms with Gasteiger partial charge in [-0.15, -0.1) is 0 Å². The third-order valence-electron chi connectivity index (χ3n) is 9.22. The summed E-state index contributed by atoms with van der Waals surface area (Å²) in [6, 6.07) is 0. The Bertz CT molecular complexity index is 768. The van der Waals surface area contributed by atoms with Gasteiger partial charge in [0.2, 0.25) is 6.17 Å². The van der Waals surface area contributed by atoms with Crippen molar-refractivity contribution in [2.75, 3.05) is 0 Å². The molecule has 0 bridgehead atoms. The summed E-state index contributed by atoms with van der Waals surface area (Å²) in [4.78, 5) is 24.2. The first kappa shape index (κ1) is 18.5. The summed E-state index contributed by atoms with van der Waals surface area (Å²) in [5.74, 6) is 2.29. The topological polar surface area (TPSA) is 68.1 Å².